The quantitative estimate of drug-likeness (QED) is 0.800. The Morgan fingerprint density at radius 1 is 1.11 bits per heavy atom. The summed E-state index contributed by atoms with van der Waals surface area (Å²) in [5, 5.41) is 2.01. The summed E-state index contributed by atoms with van der Waals surface area (Å²) < 4.78 is 26.0. The molecule has 3 fully saturated rings. The number of benzene rings is 1. The number of urea groups is 1. The number of hydrogen-bond acceptors (Lipinski definition) is 5. The second-order valence-corrected chi connectivity index (χ2v) is 9.93. The maximum absolute atomic E-state index is 13.0. The van der Waals surface area contributed by atoms with E-state index >= 15 is 0 Å². The van der Waals surface area contributed by atoms with Crippen molar-refractivity contribution in [2.75, 3.05) is 37.6 Å². The van der Waals surface area contributed by atoms with Crippen LogP contribution in [-0.4, -0.2) is 73.6 Å². The van der Waals surface area contributed by atoms with E-state index in [9.17, 15) is 18.0 Å². The standard InChI is InChI=1S/C19H26N4O4S/c1-13-3-4-14(2)16(11-13)21-7-9-22(10-8-21)18(24)17-12-20-19(25)23(17)28(26,27)15-5-6-15/h3-4,11,15,17H,5-10,12H2,1-2H3,(H,20,25)/t17-/m0/s1. The van der Waals surface area contributed by atoms with Crippen LogP contribution < -0.4 is 10.2 Å². The van der Waals surface area contributed by atoms with Crippen LogP contribution in [0.5, 0.6) is 0 Å². The van der Waals surface area contributed by atoms with Crippen molar-refractivity contribution in [3.8, 4) is 0 Å². The number of nitrogens with one attached hydrogen (secondary N) is 1. The maximum Gasteiger partial charge on any atom is 0.331 e. The molecule has 1 atom stereocenters. The molecule has 4 rings (SSSR count). The molecule has 3 amide bonds. The van der Waals surface area contributed by atoms with Crippen LogP contribution in [0.25, 0.3) is 0 Å². The summed E-state index contributed by atoms with van der Waals surface area (Å²) in [5.41, 5.74) is 3.55. The highest BCUT2D eigenvalue weighted by atomic mass is 32.2. The van der Waals surface area contributed by atoms with E-state index in [1.807, 2.05) is 0 Å². The number of carbonyl (C=O) groups excluding carboxylic acids is 2. The number of aryl methyl sites for hydroxylation is 2. The zero-order valence-corrected chi connectivity index (χ0v) is 17.0. The van der Waals surface area contributed by atoms with Gasteiger partial charge in [-0.3, -0.25) is 4.79 Å². The SMILES string of the molecule is Cc1ccc(C)c(N2CCN(C(=O)[C@@H]3CNC(=O)N3S(=O)(=O)C3CC3)CC2)c1. The summed E-state index contributed by atoms with van der Waals surface area (Å²) in [6.45, 7) is 6.55. The minimum absolute atomic E-state index is 0.0425. The third-order valence-corrected chi connectivity index (χ3v) is 8.01. The number of nitrogens with zero attached hydrogens (tertiary/aromatic N) is 3. The normalized spacial score (nSPS) is 23.1. The highest BCUT2D eigenvalue weighted by molar-refractivity contribution is 7.90. The molecule has 2 saturated heterocycles. The van der Waals surface area contributed by atoms with Gasteiger partial charge in [-0.1, -0.05) is 12.1 Å². The molecule has 1 aliphatic carbocycles. The van der Waals surface area contributed by atoms with Crippen molar-refractivity contribution < 1.29 is 18.0 Å². The summed E-state index contributed by atoms with van der Waals surface area (Å²) >= 11 is 0. The van der Waals surface area contributed by atoms with Gasteiger partial charge in [0.15, 0.2) is 0 Å². The lowest BCUT2D eigenvalue weighted by Crippen LogP contribution is -2.56. The van der Waals surface area contributed by atoms with E-state index in [1.165, 1.54) is 16.8 Å². The van der Waals surface area contributed by atoms with Crippen molar-refractivity contribution in [3.63, 3.8) is 0 Å². The Bertz CT molecular complexity index is 905. The van der Waals surface area contributed by atoms with Crippen LogP contribution in [-0.2, 0) is 14.8 Å². The molecule has 1 N–H and O–H groups in total. The minimum atomic E-state index is -3.75. The highest BCUT2D eigenvalue weighted by Crippen LogP contribution is 2.33. The second kappa shape index (κ2) is 6.95. The number of anilines is 1. The van der Waals surface area contributed by atoms with Crippen LogP contribution in [0.2, 0.25) is 0 Å². The van der Waals surface area contributed by atoms with Gasteiger partial charge in [-0.2, -0.15) is 0 Å². The van der Waals surface area contributed by atoms with Gasteiger partial charge < -0.3 is 15.1 Å². The third kappa shape index (κ3) is 3.32. The molecule has 1 aromatic rings. The molecule has 0 aromatic heterocycles. The lowest BCUT2D eigenvalue weighted by molar-refractivity contribution is -0.134. The van der Waals surface area contributed by atoms with Crippen molar-refractivity contribution >= 4 is 27.6 Å². The zero-order valence-electron chi connectivity index (χ0n) is 16.2. The van der Waals surface area contributed by atoms with E-state index in [0.29, 0.717) is 39.0 Å². The fourth-order valence-corrected chi connectivity index (χ4v) is 5.80. The van der Waals surface area contributed by atoms with E-state index in [1.54, 1.807) is 4.90 Å². The van der Waals surface area contributed by atoms with Crippen molar-refractivity contribution in [1.29, 1.82) is 0 Å². The van der Waals surface area contributed by atoms with Gasteiger partial charge in [-0.05, 0) is 43.9 Å². The number of rotatable bonds is 4. The molecule has 0 radical (unpaired) electrons. The van der Waals surface area contributed by atoms with Gasteiger partial charge in [0.1, 0.15) is 6.04 Å². The molecule has 0 bridgehead atoms. The van der Waals surface area contributed by atoms with Gasteiger partial charge in [0.2, 0.25) is 15.9 Å². The Labute approximate surface area is 165 Å². The Morgan fingerprint density at radius 3 is 2.43 bits per heavy atom. The molecular formula is C19H26N4O4S. The average Bonchev–Trinajstić information content (AvgIpc) is 3.46. The lowest BCUT2D eigenvalue weighted by Gasteiger charge is -2.38. The Kier molecular flexibility index (Phi) is 4.73. The first kappa shape index (κ1) is 19.0. The molecule has 1 saturated carbocycles. The van der Waals surface area contributed by atoms with Crippen LogP contribution in [0.4, 0.5) is 10.5 Å². The summed E-state index contributed by atoms with van der Waals surface area (Å²) in [7, 11) is -3.75. The Morgan fingerprint density at radius 2 is 1.79 bits per heavy atom. The monoisotopic (exact) mass is 406 g/mol. The lowest BCUT2D eigenvalue weighted by atomic mass is 10.1. The van der Waals surface area contributed by atoms with Gasteiger partial charge in [0.05, 0.1) is 11.8 Å². The summed E-state index contributed by atoms with van der Waals surface area (Å²) in [4.78, 5) is 29.1. The van der Waals surface area contributed by atoms with E-state index in [2.05, 4.69) is 42.3 Å². The first-order chi connectivity index (χ1) is 13.3. The van der Waals surface area contributed by atoms with Crippen molar-refractivity contribution in [2.24, 2.45) is 0 Å². The first-order valence-electron chi connectivity index (χ1n) is 9.71. The third-order valence-electron chi connectivity index (χ3n) is 5.73. The topological polar surface area (TPSA) is 90.0 Å². The summed E-state index contributed by atoms with van der Waals surface area (Å²) in [6, 6.07) is 4.68. The van der Waals surface area contributed by atoms with Crippen molar-refractivity contribution in [3.05, 3.63) is 29.3 Å². The van der Waals surface area contributed by atoms with Crippen molar-refractivity contribution in [1.82, 2.24) is 14.5 Å². The smallest absolute Gasteiger partial charge is 0.331 e. The first-order valence-corrected chi connectivity index (χ1v) is 11.2. The van der Waals surface area contributed by atoms with Gasteiger partial charge in [-0.15, -0.1) is 0 Å². The Hall–Kier alpha value is -2.29. The molecule has 1 aromatic carbocycles. The van der Waals surface area contributed by atoms with E-state index in [0.717, 1.165) is 4.31 Å². The fourth-order valence-electron chi connectivity index (χ4n) is 3.93. The van der Waals surface area contributed by atoms with Crippen LogP contribution in [0.1, 0.15) is 24.0 Å². The van der Waals surface area contributed by atoms with Crippen LogP contribution in [0, 0.1) is 13.8 Å². The van der Waals surface area contributed by atoms with E-state index in [4.69, 9.17) is 0 Å². The molecule has 2 heterocycles. The predicted molar refractivity (Wildman–Crippen MR) is 106 cm³/mol. The number of sulfonamides is 1. The largest absolute Gasteiger partial charge is 0.368 e. The van der Waals surface area contributed by atoms with Crippen molar-refractivity contribution in [2.45, 2.75) is 38.0 Å². The molecule has 3 aliphatic rings. The van der Waals surface area contributed by atoms with Crippen LogP contribution >= 0.6 is 0 Å². The van der Waals surface area contributed by atoms with E-state index < -0.39 is 27.3 Å². The predicted octanol–water partition coefficient (Wildman–Crippen LogP) is 0.838. The van der Waals surface area contributed by atoms with Gasteiger partial charge >= 0.3 is 6.03 Å². The molecule has 2 aliphatic heterocycles. The highest BCUT2D eigenvalue weighted by Gasteiger charge is 2.51. The summed E-state index contributed by atoms with van der Waals surface area (Å²) in [5.74, 6) is -0.289. The number of carbonyl (C=O) groups is 2. The fraction of sp³-hybridized carbons (Fsp3) is 0.579. The average molecular weight is 407 g/mol. The Balaban J connectivity index is 1.45. The maximum atomic E-state index is 13.0. The molecule has 0 spiro atoms. The van der Waals surface area contributed by atoms with Crippen LogP contribution in [0.3, 0.4) is 0 Å². The molecule has 28 heavy (non-hydrogen) atoms. The molecule has 0 unspecified atom stereocenters. The van der Waals surface area contributed by atoms with Crippen LogP contribution in [0.15, 0.2) is 18.2 Å². The number of piperazine rings is 1. The molecular weight excluding hydrogens is 380 g/mol. The zero-order chi connectivity index (χ0) is 20.1. The van der Waals surface area contributed by atoms with Gasteiger partial charge in [0.25, 0.3) is 0 Å². The second-order valence-electron chi connectivity index (χ2n) is 7.84. The number of amides is 3. The van der Waals surface area contributed by atoms with Gasteiger partial charge in [-0.25, -0.2) is 17.5 Å². The summed E-state index contributed by atoms with van der Waals surface area (Å²) in [6.07, 6.45) is 1.11. The van der Waals surface area contributed by atoms with E-state index in [-0.39, 0.29) is 12.5 Å². The molecule has 9 heteroatoms. The molecule has 152 valence electrons. The number of hydrogen-bond donors (Lipinski definition) is 1. The minimum Gasteiger partial charge on any atom is -0.368 e. The van der Waals surface area contributed by atoms with Gasteiger partial charge in [0, 0.05) is 31.9 Å². The molecule has 8 nitrogen and oxygen atoms in total.